The molecule has 3 unspecified atom stereocenters. The highest BCUT2D eigenvalue weighted by atomic mass is 16.5. The van der Waals surface area contributed by atoms with E-state index in [2.05, 4.69) is 25.7 Å². The molecule has 1 rings (SSSR count). The van der Waals surface area contributed by atoms with Gasteiger partial charge in [-0.2, -0.15) is 0 Å². The molecule has 118 valence electrons. The van der Waals surface area contributed by atoms with Gasteiger partial charge in [-0.15, -0.1) is 0 Å². The van der Waals surface area contributed by atoms with Crippen molar-refractivity contribution in [2.75, 3.05) is 26.8 Å². The van der Waals surface area contributed by atoms with E-state index in [-0.39, 0.29) is 0 Å². The van der Waals surface area contributed by atoms with Crippen molar-refractivity contribution in [3.8, 4) is 0 Å². The molecule has 0 bridgehead atoms. The summed E-state index contributed by atoms with van der Waals surface area (Å²) in [7, 11) is 1.70. The second-order valence-corrected chi connectivity index (χ2v) is 6.51. The molecule has 1 aliphatic rings. The number of rotatable bonds is 8. The van der Waals surface area contributed by atoms with Gasteiger partial charge in [0.05, 0.1) is 12.0 Å². The van der Waals surface area contributed by atoms with Crippen LogP contribution in [-0.2, 0) is 9.53 Å². The third-order valence-electron chi connectivity index (χ3n) is 4.85. The van der Waals surface area contributed by atoms with Crippen LogP contribution in [0.4, 0.5) is 0 Å². The minimum Gasteiger partial charge on any atom is -0.481 e. The lowest BCUT2D eigenvalue weighted by molar-refractivity contribution is -0.154. The maximum Gasteiger partial charge on any atom is 0.310 e. The zero-order chi connectivity index (χ0) is 15.2. The molecule has 0 saturated heterocycles. The summed E-state index contributed by atoms with van der Waals surface area (Å²) in [5.74, 6) is -0.101. The van der Waals surface area contributed by atoms with Crippen molar-refractivity contribution < 1.29 is 14.6 Å². The van der Waals surface area contributed by atoms with Gasteiger partial charge < -0.3 is 9.84 Å². The second kappa shape index (κ2) is 7.99. The van der Waals surface area contributed by atoms with E-state index < -0.39 is 11.4 Å². The van der Waals surface area contributed by atoms with Gasteiger partial charge in [0.15, 0.2) is 0 Å². The molecule has 0 heterocycles. The highest BCUT2D eigenvalue weighted by Gasteiger charge is 2.43. The maximum atomic E-state index is 11.9. The van der Waals surface area contributed by atoms with Crippen LogP contribution in [0, 0.1) is 11.3 Å². The van der Waals surface area contributed by atoms with Crippen LogP contribution in [0.25, 0.3) is 0 Å². The quantitative estimate of drug-likeness (QED) is 0.745. The van der Waals surface area contributed by atoms with Crippen molar-refractivity contribution in [2.24, 2.45) is 11.3 Å². The van der Waals surface area contributed by atoms with E-state index in [4.69, 9.17) is 4.74 Å². The van der Waals surface area contributed by atoms with Gasteiger partial charge in [-0.05, 0) is 32.1 Å². The van der Waals surface area contributed by atoms with Crippen LogP contribution in [0.15, 0.2) is 0 Å². The molecule has 1 N–H and O–H groups in total. The van der Waals surface area contributed by atoms with Crippen LogP contribution in [-0.4, -0.2) is 48.8 Å². The molecule has 0 amide bonds. The summed E-state index contributed by atoms with van der Waals surface area (Å²) in [5.41, 5.74) is -0.561. The van der Waals surface area contributed by atoms with E-state index in [9.17, 15) is 9.90 Å². The van der Waals surface area contributed by atoms with Gasteiger partial charge in [-0.1, -0.05) is 26.7 Å². The number of methoxy groups -OCH3 is 1. The number of aliphatic carboxylic acids is 1. The molecule has 4 heteroatoms. The summed E-state index contributed by atoms with van der Waals surface area (Å²) < 4.78 is 5.18. The predicted molar refractivity (Wildman–Crippen MR) is 80.9 cm³/mol. The van der Waals surface area contributed by atoms with Crippen LogP contribution in [0.5, 0.6) is 0 Å². The average Bonchev–Trinajstić information content (AvgIpc) is 2.42. The average molecular weight is 285 g/mol. The lowest BCUT2D eigenvalue weighted by atomic mass is 9.69. The lowest BCUT2D eigenvalue weighted by Gasteiger charge is -2.41. The molecule has 0 aromatic heterocycles. The van der Waals surface area contributed by atoms with Gasteiger partial charge >= 0.3 is 5.97 Å². The molecular formula is C16H31NO3. The summed E-state index contributed by atoms with van der Waals surface area (Å²) in [4.78, 5) is 14.2. The van der Waals surface area contributed by atoms with Crippen LogP contribution in [0.2, 0.25) is 0 Å². The highest BCUT2D eigenvalue weighted by molar-refractivity contribution is 5.75. The Morgan fingerprint density at radius 1 is 1.55 bits per heavy atom. The van der Waals surface area contributed by atoms with Crippen molar-refractivity contribution in [1.29, 1.82) is 0 Å². The predicted octanol–water partition coefficient (Wildman–Crippen LogP) is 3.01. The van der Waals surface area contributed by atoms with Gasteiger partial charge in [0, 0.05) is 26.2 Å². The minimum atomic E-state index is -0.616. The van der Waals surface area contributed by atoms with E-state index >= 15 is 0 Å². The number of carboxylic acid groups (broad SMARTS) is 1. The van der Waals surface area contributed by atoms with E-state index in [1.807, 2.05) is 0 Å². The molecule has 0 radical (unpaired) electrons. The molecule has 3 atom stereocenters. The number of hydrogen-bond donors (Lipinski definition) is 1. The smallest absolute Gasteiger partial charge is 0.310 e. The number of nitrogens with zero attached hydrogens (tertiary/aromatic N) is 1. The van der Waals surface area contributed by atoms with Crippen molar-refractivity contribution in [1.82, 2.24) is 4.90 Å². The first-order valence-corrected chi connectivity index (χ1v) is 7.91. The Balaban J connectivity index is 2.81. The summed E-state index contributed by atoms with van der Waals surface area (Å²) in [5, 5.41) is 9.78. The van der Waals surface area contributed by atoms with Gasteiger partial charge in [0.25, 0.3) is 0 Å². The van der Waals surface area contributed by atoms with E-state index in [1.54, 1.807) is 7.11 Å². The standard InChI is InChI=1S/C16H31NO3/c1-5-14(3)17(9-10-20-4)12-16(15(18)19)8-6-7-13(2)11-16/h13-14H,5-12H2,1-4H3,(H,18,19). The van der Waals surface area contributed by atoms with Crippen molar-refractivity contribution in [2.45, 2.75) is 58.9 Å². The molecule has 1 fully saturated rings. The minimum absolute atomic E-state index is 0.401. The fraction of sp³-hybridized carbons (Fsp3) is 0.938. The Hall–Kier alpha value is -0.610. The number of carbonyl (C=O) groups is 1. The Morgan fingerprint density at radius 3 is 2.75 bits per heavy atom. The van der Waals surface area contributed by atoms with Crippen LogP contribution >= 0.6 is 0 Å². The van der Waals surface area contributed by atoms with Gasteiger partial charge in [0.1, 0.15) is 0 Å². The van der Waals surface area contributed by atoms with Crippen LogP contribution in [0.3, 0.4) is 0 Å². The highest BCUT2D eigenvalue weighted by Crippen LogP contribution is 2.40. The zero-order valence-corrected chi connectivity index (χ0v) is 13.5. The molecule has 1 aliphatic carbocycles. The molecule has 0 aliphatic heterocycles. The summed E-state index contributed by atoms with van der Waals surface area (Å²) in [6.07, 6.45) is 4.85. The van der Waals surface area contributed by atoms with Crippen LogP contribution < -0.4 is 0 Å². The SMILES string of the molecule is CCC(C)N(CCOC)CC1(C(=O)O)CCCC(C)C1. The second-order valence-electron chi connectivity index (χ2n) is 6.51. The Bertz CT molecular complexity index is 308. The molecule has 0 aromatic carbocycles. The molecule has 1 saturated carbocycles. The number of hydrogen-bond acceptors (Lipinski definition) is 3. The summed E-state index contributed by atoms with van der Waals surface area (Å²) >= 11 is 0. The fourth-order valence-corrected chi connectivity index (χ4v) is 3.38. The molecule has 20 heavy (non-hydrogen) atoms. The lowest BCUT2D eigenvalue weighted by Crippen LogP contribution is -2.49. The van der Waals surface area contributed by atoms with Gasteiger partial charge in [0.2, 0.25) is 0 Å². The van der Waals surface area contributed by atoms with E-state index in [0.29, 0.717) is 25.1 Å². The van der Waals surface area contributed by atoms with E-state index in [1.165, 1.54) is 0 Å². The zero-order valence-electron chi connectivity index (χ0n) is 13.5. The Morgan fingerprint density at radius 2 is 2.25 bits per heavy atom. The van der Waals surface area contributed by atoms with E-state index in [0.717, 1.165) is 38.6 Å². The van der Waals surface area contributed by atoms with Gasteiger partial charge in [-0.25, -0.2) is 0 Å². The topological polar surface area (TPSA) is 49.8 Å². The Kier molecular flexibility index (Phi) is 6.96. The molecule has 0 aromatic rings. The third kappa shape index (κ3) is 4.45. The van der Waals surface area contributed by atoms with Crippen molar-refractivity contribution in [3.63, 3.8) is 0 Å². The first kappa shape index (κ1) is 17.4. The third-order valence-corrected chi connectivity index (χ3v) is 4.85. The molecular weight excluding hydrogens is 254 g/mol. The molecule has 4 nitrogen and oxygen atoms in total. The first-order chi connectivity index (χ1) is 9.45. The summed E-state index contributed by atoms with van der Waals surface area (Å²) in [6, 6.07) is 0.401. The number of carboxylic acids is 1. The largest absolute Gasteiger partial charge is 0.481 e. The molecule has 0 spiro atoms. The van der Waals surface area contributed by atoms with Crippen molar-refractivity contribution >= 4 is 5.97 Å². The first-order valence-electron chi connectivity index (χ1n) is 7.91. The van der Waals surface area contributed by atoms with Crippen LogP contribution in [0.1, 0.15) is 52.9 Å². The van der Waals surface area contributed by atoms with Crippen molar-refractivity contribution in [3.05, 3.63) is 0 Å². The monoisotopic (exact) mass is 285 g/mol. The Labute approximate surface area is 123 Å². The normalized spacial score (nSPS) is 28.6. The fourth-order valence-electron chi connectivity index (χ4n) is 3.38. The summed E-state index contributed by atoms with van der Waals surface area (Å²) in [6.45, 7) is 8.65. The maximum absolute atomic E-state index is 11.9. The van der Waals surface area contributed by atoms with Gasteiger partial charge in [-0.3, -0.25) is 9.69 Å². The number of ether oxygens (including phenoxy) is 1.